The standard InChI is InChI=1S/C26H22N2O/c1-4-12-20(13-5-1)25-24(23-18-10-11-19-27-23)28-26(29-25,21-14-6-2-7-15-21)22-16-8-3-9-17-22/h1-19,24-25,28H. The molecule has 0 amide bonds. The van der Waals surface area contributed by atoms with Gasteiger partial charge in [-0.3, -0.25) is 10.3 Å². The Morgan fingerprint density at radius 2 is 1.21 bits per heavy atom. The summed E-state index contributed by atoms with van der Waals surface area (Å²) in [5.74, 6) is 0. The smallest absolute Gasteiger partial charge is 0.173 e. The summed E-state index contributed by atoms with van der Waals surface area (Å²) in [5, 5.41) is 3.82. The maximum Gasteiger partial charge on any atom is 0.173 e. The van der Waals surface area contributed by atoms with Crippen molar-refractivity contribution in [2.45, 2.75) is 17.9 Å². The highest BCUT2D eigenvalue weighted by molar-refractivity contribution is 5.39. The number of hydrogen-bond donors (Lipinski definition) is 1. The third-order valence-electron chi connectivity index (χ3n) is 5.46. The molecule has 0 spiro atoms. The minimum Gasteiger partial charge on any atom is -0.342 e. The van der Waals surface area contributed by atoms with Crippen LogP contribution in [0.2, 0.25) is 0 Å². The Labute approximate surface area is 171 Å². The van der Waals surface area contributed by atoms with Gasteiger partial charge in [0, 0.05) is 17.3 Å². The van der Waals surface area contributed by atoms with Crippen molar-refractivity contribution in [2.24, 2.45) is 0 Å². The van der Waals surface area contributed by atoms with Crippen LogP contribution in [-0.2, 0) is 10.5 Å². The zero-order valence-corrected chi connectivity index (χ0v) is 16.0. The highest BCUT2D eigenvalue weighted by Crippen LogP contribution is 2.48. The van der Waals surface area contributed by atoms with Crippen LogP contribution in [0.5, 0.6) is 0 Å². The maximum atomic E-state index is 6.92. The third kappa shape index (κ3) is 3.25. The van der Waals surface area contributed by atoms with E-state index in [2.05, 4.69) is 89.2 Å². The van der Waals surface area contributed by atoms with E-state index in [9.17, 15) is 0 Å². The van der Waals surface area contributed by atoms with E-state index in [0.29, 0.717) is 0 Å². The third-order valence-corrected chi connectivity index (χ3v) is 5.46. The van der Waals surface area contributed by atoms with E-state index in [1.807, 2.05) is 36.5 Å². The highest BCUT2D eigenvalue weighted by Gasteiger charge is 2.49. The molecule has 2 heterocycles. The lowest BCUT2D eigenvalue weighted by Gasteiger charge is -2.31. The average Bonchev–Trinajstić information content (AvgIpc) is 3.24. The van der Waals surface area contributed by atoms with Gasteiger partial charge in [-0.05, 0) is 17.7 Å². The first-order valence-electron chi connectivity index (χ1n) is 9.89. The zero-order valence-electron chi connectivity index (χ0n) is 16.0. The fourth-order valence-electron chi connectivity index (χ4n) is 4.09. The van der Waals surface area contributed by atoms with Crippen LogP contribution in [0, 0.1) is 0 Å². The maximum absolute atomic E-state index is 6.92. The van der Waals surface area contributed by atoms with E-state index in [4.69, 9.17) is 4.74 Å². The summed E-state index contributed by atoms with van der Waals surface area (Å²) in [7, 11) is 0. The topological polar surface area (TPSA) is 34.1 Å². The van der Waals surface area contributed by atoms with Gasteiger partial charge in [-0.1, -0.05) is 97.1 Å². The molecule has 1 fully saturated rings. The molecule has 0 aliphatic carbocycles. The molecule has 1 aliphatic heterocycles. The largest absolute Gasteiger partial charge is 0.342 e. The van der Waals surface area contributed by atoms with E-state index >= 15 is 0 Å². The van der Waals surface area contributed by atoms with Gasteiger partial charge in [-0.2, -0.15) is 0 Å². The quantitative estimate of drug-likeness (QED) is 0.517. The molecule has 3 heteroatoms. The second kappa shape index (κ2) is 7.63. The lowest BCUT2D eigenvalue weighted by Crippen LogP contribution is -2.40. The molecule has 4 aromatic rings. The predicted molar refractivity (Wildman–Crippen MR) is 114 cm³/mol. The molecule has 1 aromatic heterocycles. The molecule has 1 N–H and O–H groups in total. The van der Waals surface area contributed by atoms with Crippen molar-refractivity contribution in [1.82, 2.24) is 10.3 Å². The Kier molecular flexibility index (Phi) is 4.68. The Bertz CT molecular complexity index is 964. The summed E-state index contributed by atoms with van der Waals surface area (Å²) in [5.41, 5.74) is 3.49. The van der Waals surface area contributed by atoms with Crippen molar-refractivity contribution in [3.63, 3.8) is 0 Å². The molecule has 0 bridgehead atoms. The molecular weight excluding hydrogens is 356 g/mol. The zero-order chi connectivity index (χ0) is 19.5. The van der Waals surface area contributed by atoms with Crippen molar-refractivity contribution in [3.05, 3.63) is 138 Å². The number of rotatable bonds is 4. The predicted octanol–water partition coefficient (Wildman–Crippen LogP) is 5.39. The fourth-order valence-corrected chi connectivity index (χ4v) is 4.09. The molecular formula is C26H22N2O. The number of pyridine rings is 1. The van der Waals surface area contributed by atoms with Crippen molar-refractivity contribution >= 4 is 0 Å². The van der Waals surface area contributed by atoms with Gasteiger partial charge in [0.1, 0.15) is 6.10 Å². The minimum atomic E-state index is -0.759. The van der Waals surface area contributed by atoms with Crippen LogP contribution >= 0.6 is 0 Å². The molecule has 2 unspecified atom stereocenters. The Morgan fingerprint density at radius 1 is 0.655 bits per heavy atom. The number of hydrogen-bond acceptors (Lipinski definition) is 3. The molecule has 3 aromatic carbocycles. The highest BCUT2D eigenvalue weighted by atomic mass is 16.5. The molecule has 29 heavy (non-hydrogen) atoms. The van der Waals surface area contributed by atoms with Crippen molar-refractivity contribution in [3.8, 4) is 0 Å². The Hall–Kier alpha value is -3.27. The fraction of sp³-hybridized carbons (Fsp3) is 0.115. The molecule has 1 saturated heterocycles. The summed E-state index contributed by atoms with van der Waals surface area (Å²) < 4.78 is 6.92. The van der Waals surface area contributed by atoms with E-state index in [-0.39, 0.29) is 12.1 Å². The first kappa shape index (κ1) is 17.8. The number of nitrogens with one attached hydrogen (secondary N) is 1. The number of ether oxygens (including phenoxy) is 1. The average molecular weight is 378 g/mol. The lowest BCUT2D eigenvalue weighted by atomic mass is 9.94. The summed E-state index contributed by atoms with van der Waals surface area (Å²) in [6.45, 7) is 0. The summed E-state index contributed by atoms with van der Waals surface area (Å²) in [6, 6.07) is 37.0. The normalized spacial score (nSPS) is 20.4. The Morgan fingerprint density at radius 3 is 1.76 bits per heavy atom. The molecule has 0 radical (unpaired) electrons. The van der Waals surface area contributed by atoms with Gasteiger partial charge in [0.05, 0.1) is 11.7 Å². The molecule has 5 rings (SSSR count). The Balaban J connectivity index is 1.69. The van der Waals surface area contributed by atoms with Crippen LogP contribution in [0.1, 0.15) is 34.5 Å². The van der Waals surface area contributed by atoms with E-state index in [1.165, 1.54) is 0 Å². The number of nitrogens with zero attached hydrogens (tertiary/aromatic N) is 1. The second-order valence-corrected chi connectivity index (χ2v) is 7.24. The van der Waals surface area contributed by atoms with Gasteiger partial charge in [-0.15, -0.1) is 0 Å². The lowest BCUT2D eigenvalue weighted by molar-refractivity contribution is -0.0281. The van der Waals surface area contributed by atoms with Crippen molar-refractivity contribution in [2.75, 3.05) is 0 Å². The van der Waals surface area contributed by atoms with Gasteiger partial charge in [0.2, 0.25) is 0 Å². The number of benzene rings is 3. The van der Waals surface area contributed by atoms with Crippen LogP contribution < -0.4 is 5.32 Å². The molecule has 0 saturated carbocycles. The summed E-state index contributed by atoms with van der Waals surface area (Å²) in [4.78, 5) is 4.65. The van der Waals surface area contributed by atoms with Crippen LogP contribution in [0.25, 0.3) is 0 Å². The number of aromatic nitrogens is 1. The first-order chi connectivity index (χ1) is 14.4. The summed E-state index contributed by atoms with van der Waals surface area (Å²) >= 11 is 0. The molecule has 142 valence electrons. The van der Waals surface area contributed by atoms with E-state index < -0.39 is 5.72 Å². The van der Waals surface area contributed by atoms with Gasteiger partial charge >= 0.3 is 0 Å². The van der Waals surface area contributed by atoms with Gasteiger partial charge in [0.15, 0.2) is 5.72 Å². The van der Waals surface area contributed by atoms with Crippen molar-refractivity contribution < 1.29 is 4.74 Å². The second-order valence-electron chi connectivity index (χ2n) is 7.24. The van der Waals surface area contributed by atoms with Gasteiger partial charge < -0.3 is 4.74 Å². The monoisotopic (exact) mass is 378 g/mol. The van der Waals surface area contributed by atoms with Gasteiger partial charge in [0.25, 0.3) is 0 Å². The van der Waals surface area contributed by atoms with E-state index in [0.717, 1.165) is 22.4 Å². The first-order valence-corrected chi connectivity index (χ1v) is 9.89. The molecule has 2 atom stereocenters. The minimum absolute atomic E-state index is 0.0842. The van der Waals surface area contributed by atoms with Crippen LogP contribution in [0.15, 0.2) is 115 Å². The van der Waals surface area contributed by atoms with E-state index in [1.54, 1.807) is 0 Å². The van der Waals surface area contributed by atoms with Crippen LogP contribution in [0.4, 0.5) is 0 Å². The molecule has 3 nitrogen and oxygen atoms in total. The van der Waals surface area contributed by atoms with Crippen LogP contribution in [0.3, 0.4) is 0 Å². The summed E-state index contributed by atoms with van der Waals surface area (Å²) in [6.07, 6.45) is 1.66. The van der Waals surface area contributed by atoms with Crippen LogP contribution in [-0.4, -0.2) is 4.98 Å². The van der Waals surface area contributed by atoms with Gasteiger partial charge in [-0.25, -0.2) is 0 Å². The van der Waals surface area contributed by atoms with Crippen molar-refractivity contribution in [1.29, 1.82) is 0 Å². The molecule has 1 aliphatic rings. The SMILES string of the molecule is c1ccc(C2OC(c3ccccc3)(c3ccccc3)NC2c2ccccn2)cc1.